The fourth-order valence-electron chi connectivity index (χ4n) is 4.97. The lowest BCUT2D eigenvalue weighted by Crippen LogP contribution is -2.45. The number of rotatable bonds is 16. The number of carbonyl (C=O) groups excluding carboxylic acids is 1. The molecule has 0 aliphatic heterocycles. The Balaban J connectivity index is 1.73. The van der Waals surface area contributed by atoms with Crippen LogP contribution in [0.4, 0.5) is 23.7 Å². The second kappa shape index (κ2) is 16.8. The smallest absolute Gasteiger partial charge is 0.426 e. The highest BCUT2D eigenvalue weighted by atomic mass is 19.4. The van der Waals surface area contributed by atoms with Gasteiger partial charge in [0.2, 0.25) is 11.5 Å². The molecule has 272 valence electrons. The van der Waals surface area contributed by atoms with Crippen LogP contribution >= 0.6 is 0 Å². The molecule has 0 saturated carbocycles. The zero-order valence-electron chi connectivity index (χ0n) is 29.3. The van der Waals surface area contributed by atoms with E-state index in [1.54, 1.807) is 71.0 Å². The molecule has 4 aromatic rings. The van der Waals surface area contributed by atoms with Crippen LogP contribution in [-0.2, 0) is 33.0 Å². The minimum absolute atomic E-state index is 0.0338. The summed E-state index contributed by atoms with van der Waals surface area (Å²) in [5, 5.41) is 10.3. The van der Waals surface area contributed by atoms with Crippen LogP contribution in [0, 0.1) is 6.92 Å². The zero-order valence-corrected chi connectivity index (χ0v) is 29.3. The Morgan fingerprint density at radius 3 is 2.16 bits per heavy atom. The van der Waals surface area contributed by atoms with Gasteiger partial charge in [-0.25, -0.2) is 9.78 Å². The molecule has 1 unspecified atom stereocenters. The van der Waals surface area contributed by atoms with Crippen molar-refractivity contribution in [3.63, 3.8) is 0 Å². The van der Waals surface area contributed by atoms with Gasteiger partial charge in [0.25, 0.3) is 11.8 Å². The van der Waals surface area contributed by atoms with Crippen LogP contribution < -0.4 is 10.1 Å². The minimum Gasteiger partial charge on any atom is -0.472 e. The van der Waals surface area contributed by atoms with Gasteiger partial charge in [0.15, 0.2) is 5.69 Å². The average molecular weight is 709 g/mol. The number of pyridine rings is 1. The number of alkyl halides is 3. The molecule has 4 rings (SSSR count). The molecule has 0 bridgehead atoms. The van der Waals surface area contributed by atoms with E-state index in [-0.39, 0.29) is 17.3 Å². The van der Waals surface area contributed by atoms with Crippen molar-refractivity contribution in [2.24, 2.45) is 0 Å². The molecule has 1 N–H and O–H groups in total. The third kappa shape index (κ3) is 10.3. The quantitative estimate of drug-likeness (QED) is 0.114. The number of hydrogen-bond donors (Lipinski definition) is 1. The van der Waals surface area contributed by atoms with Crippen LogP contribution in [0.1, 0.15) is 63.1 Å². The van der Waals surface area contributed by atoms with Gasteiger partial charge in [-0.15, -0.1) is 23.4 Å². The third-order valence-electron chi connectivity index (χ3n) is 7.52. The van der Waals surface area contributed by atoms with E-state index in [2.05, 4.69) is 33.7 Å². The lowest BCUT2D eigenvalue weighted by atomic mass is 9.98. The highest BCUT2D eigenvalue weighted by Gasteiger charge is 2.60. The van der Waals surface area contributed by atoms with Gasteiger partial charge in [-0.05, 0) is 58.2 Å². The summed E-state index contributed by atoms with van der Waals surface area (Å²) < 4.78 is 73.9. The van der Waals surface area contributed by atoms with E-state index < -0.39 is 60.5 Å². The first-order valence-electron chi connectivity index (χ1n) is 16.3. The maximum Gasteiger partial charge on any atom is 0.426 e. The molecule has 13 heteroatoms. The second-order valence-electron chi connectivity index (χ2n) is 12.8. The number of hydrogen-bond acceptors (Lipinski definition) is 9. The summed E-state index contributed by atoms with van der Waals surface area (Å²) in [6.45, 7) is 15.8. The van der Waals surface area contributed by atoms with Gasteiger partial charge in [-0.1, -0.05) is 72.8 Å². The normalized spacial score (nSPS) is 14.2. The molecule has 2 aromatic heterocycles. The molecule has 0 radical (unpaired) electrons. The lowest BCUT2D eigenvalue weighted by Gasteiger charge is -2.31. The van der Waals surface area contributed by atoms with Crippen molar-refractivity contribution < 1.29 is 41.3 Å². The van der Waals surface area contributed by atoms with Gasteiger partial charge in [0, 0.05) is 12.0 Å². The van der Waals surface area contributed by atoms with Gasteiger partial charge in [0.05, 0.1) is 25.0 Å². The van der Waals surface area contributed by atoms with Crippen LogP contribution in [0.2, 0.25) is 0 Å². The first-order valence-corrected chi connectivity index (χ1v) is 16.3. The summed E-state index contributed by atoms with van der Waals surface area (Å²) in [6.07, 6.45) is -4.33. The summed E-state index contributed by atoms with van der Waals surface area (Å²) in [4.78, 5) is 17.4. The number of amides is 1. The van der Waals surface area contributed by atoms with Gasteiger partial charge in [-0.3, -0.25) is 5.32 Å². The summed E-state index contributed by atoms with van der Waals surface area (Å²) in [5.74, 6) is -1.21. The number of anilines is 1. The molecular weight excluding hydrogens is 665 g/mol. The van der Waals surface area contributed by atoms with Crippen LogP contribution in [-0.4, -0.2) is 45.3 Å². The Labute approximate surface area is 295 Å². The first kappa shape index (κ1) is 38.8. The molecule has 2 heterocycles. The second-order valence-corrected chi connectivity index (χ2v) is 12.8. The predicted octanol–water partition coefficient (Wildman–Crippen LogP) is 9.27. The summed E-state index contributed by atoms with van der Waals surface area (Å²) in [6, 6.07) is 19.5. The number of aromatic nitrogens is 3. The van der Waals surface area contributed by atoms with Crippen molar-refractivity contribution in [3.05, 3.63) is 115 Å². The molecule has 0 fully saturated rings. The Kier molecular flexibility index (Phi) is 12.8. The molecular formula is C38H43F3N4O6. The summed E-state index contributed by atoms with van der Waals surface area (Å²) in [7, 11) is 0. The topological polar surface area (TPSA) is 118 Å². The first-order chi connectivity index (χ1) is 24.2. The SMILES string of the molecule is C=CCC(OCc1ccccc1)[C@@H](C)Oc1nc(-c2nnc([C@@](CC=C)(OCc3ccccc3)C(F)(F)F)o2)c(NC(=O)OC(C)(C)C)cc1C. The molecule has 0 spiro atoms. The maximum atomic E-state index is 14.9. The van der Waals surface area contributed by atoms with Crippen molar-refractivity contribution in [2.75, 3.05) is 5.32 Å². The molecule has 51 heavy (non-hydrogen) atoms. The van der Waals surface area contributed by atoms with Crippen molar-refractivity contribution in [2.45, 2.75) is 90.3 Å². The van der Waals surface area contributed by atoms with Gasteiger partial charge < -0.3 is 23.4 Å². The Morgan fingerprint density at radius 1 is 0.961 bits per heavy atom. The Morgan fingerprint density at radius 2 is 1.59 bits per heavy atom. The van der Waals surface area contributed by atoms with E-state index >= 15 is 0 Å². The molecule has 1 amide bonds. The molecule has 0 aliphatic rings. The van der Waals surface area contributed by atoms with Gasteiger partial charge in [0.1, 0.15) is 11.7 Å². The third-order valence-corrected chi connectivity index (χ3v) is 7.52. The largest absolute Gasteiger partial charge is 0.472 e. The van der Waals surface area contributed by atoms with Crippen LogP contribution in [0.3, 0.4) is 0 Å². The van der Waals surface area contributed by atoms with Crippen molar-refractivity contribution in [1.29, 1.82) is 0 Å². The van der Waals surface area contributed by atoms with Crippen molar-refractivity contribution in [3.8, 4) is 17.5 Å². The maximum absolute atomic E-state index is 14.9. The number of aryl methyl sites for hydroxylation is 1. The van der Waals surface area contributed by atoms with E-state index in [1.165, 1.54) is 6.07 Å². The predicted molar refractivity (Wildman–Crippen MR) is 186 cm³/mol. The highest BCUT2D eigenvalue weighted by molar-refractivity contribution is 5.89. The van der Waals surface area contributed by atoms with E-state index in [0.29, 0.717) is 24.2 Å². The van der Waals surface area contributed by atoms with Crippen LogP contribution in [0.25, 0.3) is 11.6 Å². The fourth-order valence-corrected chi connectivity index (χ4v) is 4.97. The number of halogens is 3. The Hall–Kier alpha value is -5.01. The van der Waals surface area contributed by atoms with E-state index in [9.17, 15) is 18.0 Å². The number of nitrogens with one attached hydrogen (secondary N) is 1. The molecule has 10 nitrogen and oxygen atoms in total. The summed E-state index contributed by atoms with van der Waals surface area (Å²) in [5.41, 5.74) is -2.06. The highest BCUT2D eigenvalue weighted by Crippen LogP contribution is 2.46. The molecule has 0 saturated heterocycles. The van der Waals surface area contributed by atoms with Gasteiger partial charge in [-0.2, -0.15) is 13.2 Å². The number of benzene rings is 2. The minimum atomic E-state index is -5.00. The van der Waals surface area contributed by atoms with Crippen LogP contribution in [0.15, 0.2) is 96.5 Å². The van der Waals surface area contributed by atoms with Crippen molar-refractivity contribution >= 4 is 11.8 Å². The van der Waals surface area contributed by atoms with Crippen molar-refractivity contribution in [1.82, 2.24) is 15.2 Å². The number of carbonyl (C=O) groups is 1. The summed E-state index contributed by atoms with van der Waals surface area (Å²) >= 11 is 0. The molecule has 2 aromatic carbocycles. The van der Waals surface area contributed by atoms with E-state index in [4.69, 9.17) is 23.4 Å². The lowest BCUT2D eigenvalue weighted by molar-refractivity contribution is -0.295. The van der Waals surface area contributed by atoms with E-state index in [0.717, 1.165) is 11.6 Å². The standard InChI is InChI=1S/C38H43F3N4O6/c1-8-16-30(47-23-27-17-12-10-13-18-27)26(4)49-32-25(3)22-29(42-35(46)51-36(5,6)7)31(43-32)33-44-45-34(50-33)37(21-9-2,38(39,40)41)48-24-28-19-14-11-15-20-28/h8-15,17-20,22,26,30H,1-2,16,21,23-24H2,3-7H3,(H,42,46)/t26-,30?,37-/m1/s1. The van der Waals surface area contributed by atoms with E-state index in [1.807, 2.05) is 30.3 Å². The zero-order chi connectivity index (χ0) is 37.2. The van der Waals surface area contributed by atoms with Gasteiger partial charge >= 0.3 is 12.3 Å². The molecule has 0 aliphatic carbocycles. The fraction of sp³-hybridized carbons (Fsp3) is 0.368. The molecule has 3 atom stereocenters. The number of ether oxygens (including phenoxy) is 4. The van der Waals surface area contributed by atoms with Crippen LogP contribution in [0.5, 0.6) is 5.88 Å². The average Bonchev–Trinajstić information content (AvgIpc) is 3.56. The number of nitrogens with zero attached hydrogens (tertiary/aromatic N) is 3. The monoisotopic (exact) mass is 708 g/mol. The Bertz CT molecular complexity index is 1760.